The number of hydrogen-bond acceptors (Lipinski definition) is 3. The Bertz CT molecular complexity index is 1220. The van der Waals surface area contributed by atoms with E-state index in [2.05, 4.69) is 16.3 Å². The molecule has 0 atom stereocenters. The largest absolute Gasteiger partial charge is 0.341 e. The van der Waals surface area contributed by atoms with Gasteiger partial charge < -0.3 is 5.32 Å². The number of benzene rings is 2. The first kappa shape index (κ1) is 18.4. The van der Waals surface area contributed by atoms with Crippen LogP contribution in [0, 0.1) is 18.2 Å². The molecule has 1 amide bonds. The topological polar surface area (TPSA) is 59.8 Å². The van der Waals surface area contributed by atoms with E-state index >= 15 is 0 Å². The third kappa shape index (κ3) is 3.85. The summed E-state index contributed by atoms with van der Waals surface area (Å²) in [5.74, 6) is 1.79. The summed E-state index contributed by atoms with van der Waals surface area (Å²) in [5.41, 5.74) is 3.25. The molecule has 0 aliphatic heterocycles. The van der Waals surface area contributed by atoms with E-state index in [4.69, 9.17) is 11.4 Å². The van der Waals surface area contributed by atoms with Crippen molar-refractivity contribution in [2.75, 3.05) is 6.54 Å². The molecule has 0 radical (unpaired) electrons. The molecule has 0 bridgehead atoms. The second kappa shape index (κ2) is 7.95. The number of rotatable bonds is 5. The van der Waals surface area contributed by atoms with E-state index in [1.54, 1.807) is 23.0 Å². The Morgan fingerprint density at radius 3 is 2.72 bits per heavy atom. The highest BCUT2D eigenvalue weighted by molar-refractivity contribution is 6.06. The van der Waals surface area contributed by atoms with Gasteiger partial charge in [0.05, 0.1) is 35.9 Å². The first-order chi connectivity index (χ1) is 14.2. The molecular formula is C23H17FN4O. The molecule has 4 rings (SSSR count). The summed E-state index contributed by atoms with van der Waals surface area (Å²) in [6.07, 6.45) is 6.86. The van der Waals surface area contributed by atoms with E-state index in [1.165, 1.54) is 12.1 Å². The van der Waals surface area contributed by atoms with Gasteiger partial charge in [-0.1, -0.05) is 48.4 Å². The van der Waals surface area contributed by atoms with Crippen molar-refractivity contribution in [3.63, 3.8) is 0 Å². The fraction of sp³-hybridized carbons (Fsp3) is 0.0870. The molecule has 2 heterocycles. The fourth-order valence-electron chi connectivity index (χ4n) is 3.14. The highest BCUT2D eigenvalue weighted by atomic mass is 19.1. The minimum atomic E-state index is -0.314. The molecule has 0 saturated carbocycles. The maximum absolute atomic E-state index is 13.6. The molecule has 0 aliphatic rings. The van der Waals surface area contributed by atoms with Crippen LogP contribution in [0.2, 0.25) is 0 Å². The number of amides is 1. The zero-order valence-electron chi connectivity index (χ0n) is 15.5. The number of hydrogen-bond donors (Lipinski definition) is 1. The second-order valence-corrected chi connectivity index (χ2v) is 6.48. The molecule has 0 spiro atoms. The van der Waals surface area contributed by atoms with Crippen LogP contribution < -0.4 is 5.32 Å². The van der Waals surface area contributed by atoms with Crippen LogP contribution in [0.5, 0.6) is 0 Å². The fourth-order valence-corrected chi connectivity index (χ4v) is 3.14. The number of terminal acetylenes is 1. The van der Waals surface area contributed by atoms with Gasteiger partial charge in [0, 0.05) is 5.56 Å². The average Bonchev–Trinajstić information content (AvgIpc) is 3.14. The number of nitrogens with zero attached hydrogens (tertiary/aromatic N) is 3. The van der Waals surface area contributed by atoms with Crippen LogP contribution in [0.15, 0.2) is 66.9 Å². The maximum Gasteiger partial charge on any atom is 0.252 e. The van der Waals surface area contributed by atoms with Gasteiger partial charge in [0.1, 0.15) is 5.82 Å². The van der Waals surface area contributed by atoms with E-state index in [0.29, 0.717) is 28.8 Å². The third-order valence-corrected chi connectivity index (χ3v) is 4.50. The van der Waals surface area contributed by atoms with Crippen LogP contribution >= 0.6 is 0 Å². The smallest absolute Gasteiger partial charge is 0.252 e. The van der Waals surface area contributed by atoms with Crippen molar-refractivity contribution >= 4 is 16.9 Å². The highest BCUT2D eigenvalue weighted by Gasteiger charge is 2.17. The van der Waals surface area contributed by atoms with Crippen molar-refractivity contribution < 1.29 is 9.18 Å². The van der Waals surface area contributed by atoms with Gasteiger partial charge in [-0.2, -0.15) is 5.10 Å². The molecule has 2 aromatic heterocycles. The van der Waals surface area contributed by atoms with Crippen LogP contribution in [0.3, 0.4) is 0 Å². The van der Waals surface area contributed by atoms with Crippen molar-refractivity contribution in [2.24, 2.45) is 0 Å². The van der Waals surface area contributed by atoms with E-state index in [0.717, 1.165) is 11.1 Å². The molecule has 142 valence electrons. The van der Waals surface area contributed by atoms with E-state index < -0.39 is 0 Å². The minimum absolute atomic E-state index is 0.126. The SMILES string of the molecule is C#CCNC(=O)c1cc(-c2ccccc2)nc2c1cnn2Cc1cccc(F)c1. The predicted molar refractivity (Wildman–Crippen MR) is 110 cm³/mol. The lowest BCUT2D eigenvalue weighted by Gasteiger charge is -2.09. The molecule has 0 fully saturated rings. The lowest BCUT2D eigenvalue weighted by molar-refractivity contribution is 0.0960. The lowest BCUT2D eigenvalue weighted by Crippen LogP contribution is -2.24. The molecule has 4 aromatic rings. The molecule has 0 unspecified atom stereocenters. The van der Waals surface area contributed by atoms with E-state index in [9.17, 15) is 9.18 Å². The Kier molecular flexibility index (Phi) is 5.04. The van der Waals surface area contributed by atoms with Gasteiger partial charge in [-0.15, -0.1) is 6.42 Å². The van der Waals surface area contributed by atoms with Crippen LogP contribution in [-0.2, 0) is 6.54 Å². The maximum atomic E-state index is 13.6. The molecule has 0 saturated heterocycles. The summed E-state index contributed by atoms with van der Waals surface area (Å²) in [7, 11) is 0. The Hall–Kier alpha value is -3.98. The number of carbonyl (C=O) groups is 1. The Morgan fingerprint density at radius 2 is 1.97 bits per heavy atom. The Balaban J connectivity index is 1.84. The van der Waals surface area contributed by atoms with Crippen molar-refractivity contribution in [2.45, 2.75) is 6.54 Å². The summed E-state index contributed by atoms with van der Waals surface area (Å²) in [6, 6.07) is 17.6. The van der Waals surface area contributed by atoms with Gasteiger partial charge in [-0.05, 0) is 23.8 Å². The lowest BCUT2D eigenvalue weighted by atomic mass is 10.1. The van der Waals surface area contributed by atoms with Gasteiger partial charge in [0.25, 0.3) is 5.91 Å². The molecule has 29 heavy (non-hydrogen) atoms. The summed E-state index contributed by atoms with van der Waals surface area (Å²) < 4.78 is 15.2. The van der Waals surface area contributed by atoms with Crippen molar-refractivity contribution in [1.29, 1.82) is 0 Å². The molecular weight excluding hydrogens is 367 g/mol. The average molecular weight is 384 g/mol. The highest BCUT2D eigenvalue weighted by Crippen LogP contribution is 2.25. The number of fused-ring (bicyclic) bond motifs is 1. The molecule has 6 heteroatoms. The van der Waals surface area contributed by atoms with Gasteiger partial charge in [-0.25, -0.2) is 14.1 Å². The summed E-state index contributed by atoms with van der Waals surface area (Å²) in [4.78, 5) is 17.4. The predicted octanol–water partition coefficient (Wildman–Crippen LogP) is 3.65. The summed E-state index contributed by atoms with van der Waals surface area (Å²) in [5, 5.41) is 7.69. The zero-order chi connectivity index (χ0) is 20.2. The summed E-state index contributed by atoms with van der Waals surface area (Å²) in [6.45, 7) is 0.457. The number of nitrogens with one attached hydrogen (secondary N) is 1. The number of halogens is 1. The Morgan fingerprint density at radius 1 is 1.14 bits per heavy atom. The standard InChI is InChI=1S/C23H17FN4O/c1-2-11-25-23(29)19-13-21(17-8-4-3-5-9-17)27-22-20(19)14-26-28(22)15-16-7-6-10-18(24)12-16/h1,3-10,12-14H,11,15H2,(H,25,29). The van der Waals surface area contributed by atoms with Crippen LogP contribution in [0.25, 0.3) is 22.3 Å². The van der Waals surface area contributed by atoms with Gasteiger partial charge in [0.15, 0.2) is 5.65 Å². The van der Waals surface area contributed by atoms with Crippen LogP contribution in [-0.4, -0.2) is 27.2 Å². The van der Waals surface area contributed by atoms with Crippen LogP contribution in [0.1, 0.15) is 15.9 Å². The minimum Gasteiger partial charge on any atom is -0.341 e. The van der Waals surface area contributed by atoms with Gasteiger partial charge >= 0.3 is 0 Å². The van der Waals surface area contributed by atoms with Crippen LogP contribution in [0.4, 0.5) is 4.39 Å². The summed E-state index contributed by atoms with van der Waals surface area (Å²) >= 11 is 0. The third-order valence-electron chi connectivity index (χ3n) is 4.50. The molecule has 5 nitrogen and oxygen atoms in total. The van der Waals surface area contributed by atoms with E-state index in [1.807, 2.05) is 36.4 Å². The van der Waals surface area contributed by atoms with Gasteiger partial charge in [0.2, 0.25) is 0 Å². The quantitative estimate of drug-likeness (QED) is 0.535. The first-order valence-electron chi connectivity index (χ1n) is 9.04. The molecule has 0 aliphatic carbocycles. The van der Waals surface area contributed by atoms with E-state index in [-0.39, 0.29) is 18.3 Å². The van der Waals surface area contributed by atoms with Crippen molar-refractivity contribution in [3.05, 3.63) is 83.8 Å². The number of aromatic nitrogens is 3. The Labute approximate surface area is 167 Å². The second-order valence-electron chi connectivity index (χ2n) is 6.48. The van der Waals surface area contributed by atoms with Crippen molar-refractivity contribution in [1.82, 2.24) is 20.1 Å². The molecule has 1 N–H and O–H groups in total. The van der Waals surface area contributed by atoms with Crippen molar-refractivity contribution in [3.8, 4) is 23.6 Å². The zero-order valence-corrected chi connectivity index (χ0v) is 15.5. The number of carbonyl (C=O) groups excluding carboxylic acids is 1. The molecule has 2 aromatic carbocycles. The van der Waals surface area contributed by atoms with Gasteiger partial charge in [-0.3, -0.25) is 4.79 Å². The normalized spacial score (nSPS) is 10.6. The monoisotopic (exact) mass is 384 g/mol. The first-order valence-corrected chi connectivity index (χ1v) is 9.04. The number of pyridine rings is 1.